The quantitative estimate of drug-likeness (QED) is 0.763. The van der Waals surface area contributed by atoms with Crippen molar-refractivity contribution in [2.24, 2.45) is 0 Å². The highest BCUT2D eigenvalue weighted by atomic mass is 16.1. The van der Waals surface area contributed by atoms with Crippen molar-refractivity contribution in [3.05, 3.63) is 77.5 Å². The number of hydrogen-bond donors (Lipinski definition) is 0. The van der Waals surface area contributed by atoms with Crippen LogP contribution in [0.5, 0.6) is 0 Å². The third-order valence-corrected chi connectivity index (χ3v) is 3.53. The van der Waals surface area contributed by atoms with Crippen LogP contribution >= 0.6 is 0 Å². The monoisotopic (exact) mass is 249 g/mol. The molecule has 2 nitrogen and oxygen atoms in total. The predicted molar refractivity (Wildman–Crippen MR) is 76.3 cm³/mol. The van der Waals surface area contributed by atoms with Gasteiger partial charge in [-0.1, -0.05) is 54.6 Å². The number of carbonyl (C=O) groups excluding carboxylic acids is 1. The SMILES string of the molecule is O=CN1C=Cc2ccccc2[C@H]1Cc1ccccc1. The average molecular weight is 249 g/mol. The van der Waals surface area contributed by atoms with Crippen LogP contribution in [0.4, 0.5) is 0 Å². The van der Waals surface area contributed by atoms with Crippen molar-refractivity contribution in [3.63, 3.8) is 0 Å². The molecule has 0 spiro atoms. The molecule has 1 atom stereocenters. The molecule has 2 aromatic carbocycles. The van der Waals surface area contributed by atoms with Gasteiger partial charge in [0, 0.05) is 6.20 Å². The Kier molecular flexibility index (Phi) is 3.15. The van der Waals surface area contributed by atoms with Gasteiger partial charge in [0.05, 0.1) is 6.04 Å². The van der Waals surface area contributed by atoms with Crippen molar-refractivity contribution < 1.29 is 4.79 Å². The Labute approximate surface area is 113 Å². The Bertz CT molecular complexity index is 604. The molecule has 94 valence electrons. The summed E-state index contributed by atoms with van der Waals surface area (Å²) < 4.78 is 0. The van der Waals surface area contributed by atoms with Crippen molar-refractivity contribution >= 4 is 12.5 Å². The molecular weight excluding hydrogens is 234 g/mol. The molecule has 0 saturated heterocycles. The number of benzene rings is 2. The van der Waals surface area contributed by atoms with Gasteiger partial charge in [-0.3, -0.25) is 4.79 Å². The molecule has 0 bridgehead atoms. The van der Waals surface area contributed by atoms with E-state index in [0.29, 0.717) is 0 Å². The molecule has 19 heavy (non-hydrogen) atoms. The maximum atomic E-state index is 11.2. The molecule has 1 heterocycles. The van der Waals surface area contributed by atoms with Gasteiger partial charge < -0.3 is 4.90 Å². The number of fused-ring (bicyclic) bond motifs is 1. The Morgan fingerprint density at radius 3 is 2.53 bits per heavy atom. The third-order valence-electron chi connectivity index (χ3n) is 3.53. The van der Waals surface area contributed by atoms with E-state index in [0.717, 1.165) is 12.8 Å². The van der Waals surface area contributed by atoms with Gasteiger partial charge in [-0.25, -0.2) is 0 Å². The fourth-order valence-corrected chi connectivity index (χ4v) is 2.56. The minimum absolute atomic E-state index is 0.0844. The van der Waals surface area contributed by atoms with Crippen LogP contribution in [0.2, 0.25) is 0 Å². The number of nitrogens with zero attached hydrogens (tertiary/aromatic N) is 1. The predicted octanol–water partition coefficient (Wildman–Crippen LogP) is 3.41. The number of carbonyl (C=O) groups is 1. The van der Waals surface area contributed by atoms with E-state index in [2.05, 4.69) is 24.3 Å². The average Bonchev–Trinajstić information content (AvgIpc) is 2.49. The summed E-state index contributed by atoms with van der Waals surface area (Å²) in [7, 11) is 0. The molecule has 2 aromatic rings. The zero-order valence-electron chi connectivity index (χ0n) is 10.6. The fraction of sp³-hybridized carbons (Fsp3) is 0.118. The molecule has 0 N–H and O–H groups in total. The lowest BCUT2D eigenvalue weighted by Gasteiger charge is -2.30. The zero-order valence-corrected chi connectivity index (χ0v) is 10.6. The van der Waals surface area contributed by atoms with Crippen molar-refractivity contribution in [3.8, 4) is 0 Å². The molecule has 1 amide bonds. The summed E-state index contributed by atoms with van der Waals surface area (Å²) in [6, 6.07) is 18.6. The van der Waals surface area contributed by atoms with Gasteiger partial charge in [0.15, 0.2) is 0 Å². The maximum absolute atomic E-state index is 11.2. The van der Waals surface area contributed by atoms with Crippen LogP contribution in [0.3, 0.4) is 0 Å². The van der Waals surface area contributed by atoms with E-state index in [1.54, 1.807) is 4.90 Å². The van der Waals surface area contributed by atoms with E-state index in [4.69, 9.17) is 0 Å². The van der Waals surface area contributed by atoms with Crippen molar-refractivity contribution in [2.45, 2.75) is 12.5 Å². The molecular formula is C17H15NO. The van der Waals surface area contributed by atoms with Crippen LogP contribution in [0.1, 0.15) is 22.7 Å². The van der Waals surface area contributed by atoms with E-state index < -0.39 is 0 Å². The highest BCUT2D eigenvalue weighted by Gasteiger charge is 2.22. The minimum atomic E-state index is 0.0844. The molecule has 0 saturated carbocycles. The molecule has 0 unspecified atom stereocenters. The lowest BCUT2D eigenvalue weighted by molar-refractivity contribution is -0.117. The van der Waals surface area contributed by atoms with Crippen LogP contribution in [-0.4, -0.2) is 11.3 Å². The first-order valence-electron chi connectivity index (χ1n) is 6.42. The summed E-state index contributed by atoms with van der Waals surface area (Å²) in [5.41, 5.74) is 3.65. The number of amides is 1. The minimum Gasteiger partial charge on any atom is -0.314 e. The molecule has 0 aliphatic carbocycles. The van der Waals surface area contributed by atoms with Gasteiger partial charge in [0.2, 0.25) is 6.41 Å². The molecule has 3 rings (SSSR count). The van der Waals surface area contributed by atoms with E-state index in [1.165, 1.54) is 16.7 Å². The van der Waals surface area contributed by atoms with Crippen LogP contribution in [-0.2, 0) is 11.2 Å². The molecule has 0 fully saturated rings. The molecule has 1 aliphatic rings. The third kappa shape index (κ3) is 2.29. The Morgan fingerprint density at radius 1 is 1.00 bits per heavy atom. The van der Waals surface area contributed by atoms with Crippen molar-refractivity contribution in [2.75, 3.05) is 0 Å². The second-order valence-corrected chi connectivity index (χ2v) is 4.70. The van der Waals surface area contributed by atoms with Gasteiger partial charge in [-0.05, 0) is 29.2 Å². The summed E-state index contributed by atoms with van der Waals surface area (Å²) in [4.78, 5) is 13.0. The largest absolute Gasteiger partial charge is 0.314 e. The van der Waals surface area contributed by atoms with Gasteiger partial charge in [-0.15, -0.1) is 0 Å². The summed E-state index contributed by atoms with van der Waals surface area (Å²) in [6.07, 6.45) is 5.59. The fourth-order valence-electron chi connectivity index (χ4n) is 2.56. The molecule has 0 radical (unpaired) electrons. The van der Waals surface area contributed by atoms with E-state index in [-0.39, 0.29) is 6.04 Å². The molecule has 1 aliphatic heterocycles. The van der Waals surface area contributed by atoms with Gasteiger partial charge in [0.25, 0.3) is 0 Å². The standard InChI is InChI=1S/C17H15NO/c19-13-18-11-10-15-8-4-5-9-16(15)17(18)12-14-6-2-1-3-7-14/h1-11,13,17H,12H2/t17-/m1/s1. The van der Waals surface area contributed by atoms with Crippen molar-refractivity contribution in [1.29, 1.82) is 0 Å². The summed E-state index contributed by atoms with van der Waals surface area (Å²) in [6.45, 7) is 0. The van der Waals surface area contributed by atoms with E-state index in [1.807, 2.05) is 42.6 Å². The van der Waals surface area contributed by atoms with E-state index >= 15 is 0 Å². The normalized spacial score (nSPS) is 17.1. The van der Waals surface area contributed by atoms with Crippen LogP contribution in [0.25, 0.3) is 6.08 Å². The lowest BCUT2D eigenvalue weighted by atomic mass is 9.92. The van der Waals surface area contributed by atoms with E-state index in [9.17, 15) is 4.79 Å². The van der Waals surface area contributed by atoms with Crippen LogP contribution in [0.15, 0.2) is 60.8 Å². The molecule has 2 heteroatoms. The lowest BCUT2D eigenvalue weighted by Crippen LogP contribution is -2.26. The summed E-state index contributed by atoms with van der Waals surface area (Å²) in [5.74, 6) is 0. The smallest absolute Gasteiger partial charge is 0.214 e. The first-order valence-corrected chi connectivity index (χ1v) is 6.42. The maximum Gasteiger partial charge on any atom is 0.214 e. The first-order chi connectivity index (χ1) is 9.38. The van der Waals surface area contributed by atoms with Gasteiger partial charge >= 0.3 is 0 Å². The van der Waals surface area contributed by atoms with Crippen molar-refractivity contribution in [1.82, 2.24) is 4.90 Å². The molecule has 0 aromatic heterocycles. The Hall–Kier alpha value is -2.35. The highest BCUT2D eigenvalue weighted by molar-refractivity contribution is 5.63. The van der Waals surface area contributed by atoms with Gasteiger partial charge in [0.1, 0.15) is 0 Å². The topological polar surface area (TPSA) is 20.3 Å². The number of hydrogen-bond acceptors (Lipinski definition) is 1. The highest BCUT2D eigenvalue weighted by Crippen LogP contribution is 2.31. The summed E-state index contributed by atoms with van der Waals surface area (Å²) >= 11 is 0. The first kappa shape index (κ1) is 11.7. The Morgan fingerprint density at radius 2 is 1.74 bits per heavy atom. The second kappa shape index (κ2) is 5.11. The second-order valence-electron chi connectivity index (χ2n) is 4.70. The van der Waals surface area contributed by atoms with Gasteiger partial charge in [-0.2, -0.15) is 0 Å². The van der Waals surface area contributed by atoms with Crippen LogP contribution < -0.4 is 0 Å². The zero-order chi connectivity index (χ0) is 13.1. The Balaban J connectivity index is 1.97. The van der Waals surface area contributed by atoms with Crippen LogP contribution in [0, 0.1) is 0 Å². The summed E-state index contributed by atoms with van der Waals surface area (Å²) in [5, 5.41) is 0. The number of rotatable bonds is 3.